The van der Waals surface area contributed by atoms with Gasteiger partial charge in [-0.15, -0.1) is 11.3 Å². The highest BCUT2D eigenvalue weighted by Gasteiger charge is 2.25. The molecular formula is C16H19NO5S. The maximum atomic E-state index is 12.2. The summed E-state index contributed by atoms with van der Waals surface area (Å²) in [6.07, 6.45) is 0. The van der Waals surface area contributed by atoms with Crippen molar-refractivity contribution < 1.29 is 23.7 Å². The molecular weight excluding hydrogens is 318 g/mol. The molecule has 7 heteroatoms. The summed E-state index contributed by atoms with van der Waals surface area (Å²) in [6.45, 7) is 3.88. The average molecular weight is 337 g/mol. The van der Waals surface area contributed by atoms with Crippen LogP contribution in [0.3, 0.4) is 0 Å². The molecule has 0 fully saturated rings. The van der Waals surface area contributed by atoms with Gasteiger partial charge in [0.25, 0.3) is 0 Å². The Hall–Kier alpha value is -2.28. The van der Waals surface area contributed by atoms with E-state index in [1.54, 1.807) is 27.2 Å². The van der Waals surface area contributed by atoms with Gasteiger partial charge >= 0.3 is 5.97 Å². The fourth-order valence-corrected chi connectivity index (χ4v) is 3.16. The standard InChI is InChI=1S/C16H19NO5S/c1-6-22-16(18)12-15(23-9(2)17-12)10-7-8-11(19-3)14(21-5)13(10)20-4/h7-8H,6H2,1-5H3. The van der Waals surface area contributed by atoms with Crippen molar-refractivity contribution in [2.24, 2.45) is 0 Å². The van der Waals surface area contributed by atoms with Crippen molar-refractivity contribution in [1.82, 2.24) is 4.98 Å². The van der Waals surface area contributed by atoms with Gasteiger partial charge in [-0.3, -0.25) is 0 Å². The summed E-state index contributed by atoms with van der Waals surface area (Å²) in [5.41, 5.74) is 0.985. The molecule has 2 rings (SSSR count). The molecule has 0 spiro atoms. The third kappa shape index (κ3) is 3.24. The lowest BCUT2D eigenvalue weighted by Gasteiger charge is -2.15. The Morgan fingerprint density at radius 2 is 1.83 bits per heavy atom. The van der Waals surface area contributed by atoms with E-state index in [4.69, 9.17) is 18.9 Å². The van der Waals surface area contributed by atoms with E-state index in [1.165, 1.54) is 18.4 Å². The van der Waals surface area contributed by atoms with E-state index >= 15 is 0 Å². The van der Waals surface area contributed by atoms with Crippen LogP contribution < -0.4 is 14.2 Å². The highest BCUT2D eigenvalue weighted by molar-refractivity contribution is 7.15. The van der Waals surface area contributed by atoms with Gasteiger partial charge in [0, 0.05) is 5.56 Å². The molecule has 0 atom stereocenters. The maximum absolute atomic E-state index is 12.2. The van der Waals surface area contributed by atoms with Gasteiger partial charge in [-0.1, -0.05) is 0 Å². The van der Waals surface area contributed by atoms with Crippen molar-refractivity contribution >= 4 is 17.3 Å². The zero-order chi connectivity index (χ0) is 17.0. The molecule has 6 nitrogen and oxygen atoms in total. The highest BCUT2D eigenvalue weighted by Crippen LogP contribution is 2.46. The number of esters is 1. The lowest BCUT2D eigenvalue weighted by Crippen LogP contribution is -2.07. The topological polar surface area (TPSA) is 66.9 Å². The summed E-state index contributed by atoms with van der Waals surface area (Å²) in [7, 11) is 4.63. The first kappa shape index (κ1) is 17.1. The number of methoxy groups -OCH3 is 3. The summed E-state index contributed by atoms with van der Waals surface area (Å²) in [5.74, 6) is 1.05. The number of hydrogen-bond acceptors (Lipinski definition) is 7. The number of aromatic nitrogens is 1. The van der Waals surface area contributed by atoms with Gasteiger partial charge in [0.05, 0.1) is 37.8 Å². The van der Waals surface area contributed by atoms with E-state index in [0.717, 1.165) is 5.01 Å². The third-order valence-electron chi connectivity index (χ3n) is 3.15. The normalized spacial score (nSPS) is 10.3. The van der Waals surface area contributed by atoms with Crippen molar-refractivity contribution in [3.05, 3.63) is 22.8 Å². The van der Waals surface area contributed by atoms with Crippen molar-refractivity contribution in [2.45, 2.75) is 13.8 Å². The number of benzene rings is 1. The molecule has 0 N–H and O–H groups in total. The van der Waals surface area contributed by atoms with Crippen LogP contribution in [0.2, 0.25) is 0 Å². The quantitative estimate of drug-likeness (QED) is 0.753. The molecule has 0 unspecified atom stereocenters. The first-order valence-corrected chi connectivity index (χ1v) is 7.82. The lowest BCUT2D eigenvalue weighted by molar-refractivity contribution is 0.0521. The minimum Gasteiger partial charge on any atom is -0.493 e. The molecule has 23 heavy (non-hydrogen) atoms. The number of aryl methyl sites for hydroxylation is 1. The van der Waals surface area contributed by atoms with Crippen LogP contribution in [-0.4, -0.2) is 38.9 Å². The van der Waals surface area contributed by atoms with Crippen molar-refractivity contribution in [2.75, 3.05) is 27.9 Å². The summed E-state index contributed by atoms with van der Waals surface area (Å²) in [4.78, 5) is 17.1. The number of rotatable bonds is 6. The fourth-order valence-electron chi connectivity index (χ4n) is 2.23. The molecule has 2 aromatic rings. The van der Waals surface area contributed by atoms with Gasteiger partial charge in [0.1, 0.15) is 0 Å². The van der Waals surface area contributed by atoms with E-state index in [9.17, 15) is 4.79 Å². The summed E-state index contributed by atoms with van der Waals surface area (Å²) in [5, 5.41) is 0.764. The monoisotopic (exact) mass is 337 g/mol. The smallest absolute Gasteiger partial charge is 0.358 e. The minimum absolute atomic E-state index is 0.278. The van der Waals surface area contributed by atoms with Crippen LogP contribution in [0, 0.1) is 6.92 Å². The molecule has 0 saturated carbocycles. The van der Waals surface area contributed by atoms with Gasteiger partial charge < -0.3 is 18.9 Å². The second-order valence-corrected chi connectivity index (χ2v) is 5.72. The minimum atomic E-state index is -0.455. The summed E-state index contributed by atoms with van der Waals surface area (Å²) in [6, 6.07) is 3.58. The van der Waals surface area contributed by atoms with E-state index in [0.29, 0.717) is 27.7 Å². The maximum Gasteiger partial charge on any atom is 0.358 e. The van der Waals surface area contributed by atoms with Crippen molar-refractivity contribution in [1.29, 1.82) is 0 Å². The molecule has 0 aliphatic heterocycles. The summed E-state index contributed by atoms with van der Waals surface area (Å²) < 4.78 is 21.3. The first-order chi connectivity index (χ1) is 11.1. The largest absolute Gasteiger partial charge is 0.493 e. The van der Waals surface area contributed by atoms with Gasteiger partial charge in [-0.25, -0.2) is 9.78 Å². The fraction of sp³-hybridized carbons (Fsp3) is 0.375. The molecule has 0 aliphatic carbocycles. The zero-order valence-corrected chi connectivity index (χ0v) is 14.6. The van der Waals surface area contributed by atoms with Crippen LogP contribution in [0.15, 0.2) is 12.1 Å². The van der Waals surface area contributed by atoms with Gasteiger partial charge in [-0.05, 0) is 26.0 Å². The van der Waals surface area contributed by atoms with Crippen LogP contribution in [0.4, 0.5) is 0 Å². The van der Waals surface area contributed by atoms with E-state index < -0.39 is 5.97 Å². The molecule has 0 aliphatic rings. The van der Waals surface area contributed by atoms with E-state index in [1.807, 2.05) is 13.0 Å². The predicted molar refractivity (Wildman–Crippen MR) is 87.9 cm³/mol. The van der Waals surface area contributed by atoms with Crippen LogP contribution >= 0.6 is 11.3 Å². The van der Waals surface area contributed by atoms with Crippen LogP contribution in [0.25, 0.3) is 10.4 Å². The van der Waals surface area contributed by atoms with E-state index in [2.05, 4.69) is 4.98 Å². The highest BCUT2D eigenvalue weighted by atomic mass is 32.1. The molecule has 0 radical (unpaired) electrons. The van der Waals surface area contributed by atoms with Crippen LogP contribution in [0.5, 0.6) is 17.2 Å². The molecule has 1 aromatic heterocycles. The van der Waals surface area contributed by atoms with Gasteiger partial charge in [0.2, 0.25) is 5.75 Å². The number of nitrogens with zero attached hydrogens (tertiary/aromatic N) is 1. The third-order valence-corrected chi connectivity index (χ3v) is 4.16. The Morgan fingerprint density at radius 1 is 1.13 bits per heavy atom. The Balaban J connectivity index is 2.65. The molecule has 0 bridgehead atoms. The van der Waals surface area contributed by atoms with Crippen molar-refractivity contribution in [3.63, 3.8) is 0 Å². The molecule has 124 valence electrons. The van der Waals surface area contributed by atoms with E-state index in [-0.39, 0.29) is 12.3 Å². The van der Waals surface area contributed by atoms with Gasteiger partial charge in [0.15, 0.2) is 17.2 Å². The number of carbonyl (C=O) groups excluding carboxylic acids is 1. The Kier molecular flexibility index (Phi) is 5.44. The first-order valence-electron chi connectivity index (χ1n) is 7.01. The molecule has 1 aromatic carbocycles. The van der Waals surface area contributed by atoms with Gasteiger partial charge in [-0.2, -0.15) is 0 Å². The number of ether oxygens (including phenoxy) is 4. The Labute approximate surface area is 139 Å². The number of hydrogen-bond donors (Lipinski definition) is 0. The molecule has 0 saturated heterocycles. The average Bonchev–Trinajstić information content (AvgIpc) is 2.95. The number of thiazole rings is 1. The summed E-state index contributed by atoms with van der Waals surface area (Å²) >= 11 is 1.40. The second kappa shape index (κ2) is 7.32. The van der Waals surface area contributed by atoms with Crippen LogP contribution in [0.1, 0.15) is 22.4 Å². The predicted octanol–water partition coefficient (Wildman–Crippen LogP) is 3.32. The second-order valence-electron chi connectivity index (χ2n) is 4.51. The van der Waals surface area contributed by atoms with Crippen molar-refractivity contribution in [3.8, 4) is 27.7 Å². The number of carbonyl (C=O) groups is 1. The Bertz CT molecular complexity index is 711. The lowest BCUT2D eigenvalue weighted by atomic mass is 10.1. The molecule has 1 heterocycles. The zero-order valence-electron chi connectivity index (χ0n) is 13.8. The Morgan fingerprint density at radius 3 is 2.39 bits per heavy atom. The SMILES string of the molecule is CCOC(=O)c1nc(C)sc1-c1ccc(OC)c(OC)c1OC. The van der Waals surface area contributed by atoms with Crippen LogP contribution in [-0.2, 0) is 4.74 Å². The molecule has 0 amide bonds.